The number of rotatable bonds is 2. The van der Waals surface area contributed by atoms with E-state index >= 15 is 0 Å². The number of nitrogens with zero attached hydrogens (tertiary/aromatic N) is 1. The summed E-state index contributed by atoms with van der Waals surface area (Å²) in [4.78, 5) is 12.0. The number of amides is 1. The molecule has 0 saturated carbocycles. The monoisotopic (exact) mass is 233 g/mol. The Morgan fingerprint density at radius 2 is 2.27 bits per heavy atom. The van der Waals surface area contributed by atoms with Gasteiger partial charge in [0.05, 0.1) is 5.92 Å². The van der Waals surface area contributed by atoms with E-state index in [9.17, 15) is 4.79 Å². The van der Waals surface area contributed by atoms with Gasteiger partial charge in [-0.05, 0) is 25.8 Å². The molecule has 0 spiro atoms. The summed E-state index contributed by atoms with van der Waals surface area (Å²) in [5, 5.41) is 5.19. The normalized spacial score (nSPS) is 30.3. The van der Waals surface area contributed by atoms with Gasteiger partial charge in [-0.1, -0.05) is 6.92 Å². The first-order valence-electron chi connectivity index (χ1n) is 5.61. The molecular weight excluding hydrogens is 214 g/mol. The van der Waals surface area contributed by atoms with Crippen LogP contribution in [0, 0.1) is 5.92 Å². The Hall–Kier alpha value is -0.320. The smallest absolute Gasteiger partial charge is 0.241 e. The topological polar surface area (TPSA) is 44.4 Å². The first-order chi connectivity index (χ1) is 6.83. The summed E-state index contributed by atoms with van der Waals surface area (Å²) < 4.78 is 0. The van der Waals surface area contributed by atoms with Gasteiger partial charge in [-0.25, -0.2) is 5.43 Å². The van der Waals surface area contributed by atoms with Crippen molar-refractivity contribution in [3.63, 3.8) is 0 Å². The molecule has 0 radical (unpaired) electrons. The van der Waals surface area contributed by atoms with Crippen molar-refractivity contribution in [2.75, 3.05) is 19.6 Å². The zero-order valence-corrected chi connectivity index (χ0v) is 9.98. The molecule has 2 heterocycles. The van der Waals surface area contributed by atoms with Crippen LogP contribution in [0.4, 0.5) is 0 Å². The molecule has 2 rings (SSSR count). The van der Waals surface area contributed by atoms with Gasteiger partial charge in [0, 0.05) is 19.1 Å². The minimum atomic E-state index is 0. The lowest BCUT2D eigenvalue weighted by Gasteiger charge is -2.23. The van der Waals surface area contributed by atoms with Gasteiger partial charge in [0.1, 0.15) is 0 Å². The Morgan fingerprint density at radius 1 is 1.47 bits per heavy atom. The highest BCUT2D eigenvalue weighted by molar-refractivity contribution is 5.85. The molecule has 0 aliphatic carbocycles. The van der Waals surface area contributed by atoms with Gasteiger partial charge in [-0.3, -0.25) is 9.80 Å². The highest BCUT2D eigenvalue weighted by Crippen LogP contribution is 2.20. The fourth-order valence-corrected chi connectivity index (χ4v) is 2.41. The van der Waals surface area contributed by atoms with Crippen molar-refractivity contribution in [1.82, 2.24) is 15.8 Å². The minimum absolute atomic E-state index is 0. The zero-order valence-electron chi connectivity index (χ0n) is 9.16. The number of hydrogen-bond donors (Lipinski definition) is 2. The molecule has 4 nitrogen and oxygen atoms in total. The molecule has 0 aromatic heterocycles. The molecule has 5 heteroatoms. The average molecular weight is 234 g/mol. The van der Waals surface area contributed by atoms with Crippen molar-refractivity contribution in [3.05, 3.63) is 0 Å². The average Bonchev–Trinajstić information content (AvgIpc) is 2.87. The molecule has 88 valence electrons. The van der Waals surface area contributed by atoms with Crippen molar-refractivity contribution in [2.24, 2.45) is 5.92 Å². The minimum Gasteiger partial charge on any atom is -0.313 e. The summed E-state index contributed by atoms with van der Waals surface area (Å²) >= 11 is 0. The van der Waals surface area contributed by atoms with E-state index in [-0.39, 0.29) is 18.3 Å². The van der Waals surface area contributed by atoms with Gasteiger partial charge in [0.25, 0.3) is 0 Å². The molecule has 1 amide bonds. The second-order valence-corrected chi connectivity index (χ2v) is 4.12. The molecule has 2 aliphatic rings. The first kappa shape index (κ1) is 12.7. The fourth-order valence-electron chi connectivity index (χ4n) is 2.41. The summed E-state index contributed by atoms with van der Waals surface area (Å²) in [7, 11) is 0. The number of carbonyl (C=O) groups excluding carboxylic acids is 1. The first-order valence-corrected chi connectivity index (χ1v) is 5.61. The lowest BCUT2D eigenvalue weighted by Crippen LogP contribution is -2.44. The number of hydrazine groups is 1. The number of nitrogens with one attached hydrogen (secondary N) is 2. The molecule has 2 atom stereocenters. The van der Waals surface area contributed by atoms with Crippen LogP contribution in [0.1, 0.15) is 26.2 Å². The van der Waals surface area contributed by atoms with Crippen LogP contribution >= 0.6 is 12.4 Å². The van der Waals surface area contributed by atoms with Gasteiger partial charge in [-0.15, -0.1) is 12.4 Å². The Labute approximate surface area is 97.2 Å². The standard InChI is InChI=1S/C10H19N3O.ClH/c1-2-9-8(4-6-11-9)10(14)13-7-3-5-12-13;/h8-9,11-12H,2-7H2,1H3;1H. The highest BCUT2D eigenvalue weighted by atomic mass is 35.5. The zero-order chi connectivity index (χ0) is 9.97. The van der Waals surface area contributed by atoms with Crippen molar-refractivity contribution in [3.8, 4) is 0 Å². The van der Waals surface area contributed by atoms with E-state index in [1.54, 1.807) is 5.01 Å². The third-order valence-electron chi connectivity index (χ3n) is 3.23. The van der Waals surface area contributed by atoms with Gasteiger partial charge >= 0.3 is 0 Å². The Kier molecular flexibility index (Phi) is 4.83. The van der Waals surface area contributed by atoms with Crippen molar-refractivity contribution >= 4 is 18.3 Å². The van der Waals surface area contributed by atoms with Crippen LogP contribution in [0.25, 0.3) is 0 Å². The Bertz CT molecular complexity index is 219. The number of carbonyl (C=O) groups is 1. The van der Waals surface area contributed by atoms with Crippen LogP contribution in [0.15, 0.2) is 0 Å². The summed E-state index contributed by atoms with van der Waals surface area (Å²) in [6, 6.07) is 0.393. The predicted octanol–water partition coefficient (Wildman–Crippen LogP) is 0.533. The molecule has 2 saturated heterocycles. The molecular formula is C10H20ClN3O. The van der Waals surface area contributed by atoms with E-state index in [0.717, 1.165) is 38.9 Å². The van der Waals surface area contributed by atoms with Crippen LogP contribution < -0.4 is 10.7 Å². The maximum absolute atomic E-state index is 12.0. The molecule has 0 bridgehead atoms. The van der Waals surface area contributed by atoms with E-state index in [1.807, 2.05) is 0 Å². The second-order valence-electron chi connectivity index (χ2n) is 4.12. The van der Waals surface area contributed by atoms with Gasteiger partial charge < -0.3 is 5.32 Å². The van der Waals surface area contributed by atoms with Crippen LogP contribution in [-0.2, 0) is 4.79 Å². The van der Waals surface area contributed by atoms with Crippen molar-refractivity contribution < 1.29 is 4.79 Å². The predicted molar refractivity (Wildman–Crippen MR) is 61.8 cm³/mol. The Balaban J connectivity index is 0.00000112. The van der Waals surface area contributed by atoms with Crippen LogP contribution in [-0.4, -0.2) is 36.6 Å². The van der Waals surface area contributed by atoms with Crippen molar-refractivity contribution in [2.45, 2.75) is 32.2 Å². The largest absolute Gasteiger partial charge is 0.313 e. The molecule has 2 aliphatic heterocycles. The quantitative estimate of drug-likeness (QED) is 0.732. The van der Waals surface area contributed by atoms with Gasteiger partial charge in [0.15, 0.2) is 0 Å². The van der Waals surface area contributed by atoms with Crippen molar-refractivity contribution in [1.29, 1.82) is 0 Å². The summed E-state index contributed by atoms with van der Waals surface area (Å²) in [6.45, 7) is 4.96. The molecule has 15 heavy (non-hydrogen) atoms. The summed E-state index contributed by atoms with van der Waals surface area (Å²) in [6.07, 6.45) is 3.13. The molecule has 0 aromatic rings. The summed E-state index contributed by atoms with van der Waals surface area (Å²) in [5.74, 6) is 0.491. The number of halogens is 1. The third kappa shape index (κ3) is 2.62. The van der Waals surface area contributed by atoms with E-state index in [2.05, 4.69) is 17.7 Å². The number of hydrogen-bond acceptors (Lipinski definition) is 3. The molecule has 2 N–H and O–H groups in total. The lowest BCUT2D eigenvalue weighted by atomic mass is 9.97. The highest BCUT2D eigenvalue weighted by Gasteiger charge is 2.34. The van der Waals surface area contributed by atoms with Crippen LogP contribution in [0.2, 0.25) is 0 Å². The van der Waals surface area contributed by atoms with Gasteiger partial charge in [-0.2, -0.15) is 0 Å². The lowest BCUT2D eigenvalue weighted by molar-refractivity contribution is -0.137. The summed E-state index contributed by atoms with van der Waals surface area (Å²) in [5.41, 5.74) is 3.13. The van der Waals surface area contributed by atoms with E-state index in [1.165, 1.54) is 0 Å². The van der Waals surface area contributed by atoms with Crippen LogP contribution in [0.5, 0.6) is 0 Å². The third-order valence-corrected chi connectivity index (χ3v) is 3.23. The van der Waals surface area contributed by atoms with E-state index in [4.69, 9.17) is 0 Å². The maximum atomic E-state index is 12.0. The van der Waals surface area contributed by atoms with E-state index < -0.39 is 0 Å². The maximum Gasteiger partial charge on any atom is 0.241 e. The molecule has 0 aromatic carbocycles. The van der Waals surface area contributed by atoms with Gasteiger partial charge in [0.2, 0.25) is 5.91 Å². The molecule has 2 unspecified atom stereocenters. The fraction of sp³-hybridized carbons (Fsp3) is 0.900. The SMILES string of the molecule is CCC1NCCC1C(=O)N1CCCN1.Cl. The van der Waals surface area contributed by atoms with E-state index in [0.29, 0.717) is 11.9 Å². The second kappa shape index (κ2) is 5.68. The Morgan fingerprint density at radius 3 is 2.87 bits per heavy atom. The van der Waals surface area contributed by atoms with Crippen LogP contribution in [0.3, 0.4) is 0 Å². The molecule has 2 fully saturated rings.